The highest BCUT2D eigenvalue weighted by molar-refractivity contribution is 6.32. The standard InChI is InChI=1S/C28H18N4O2/c33-28(34)11-17-1-3-18(4-2-17)26-15-25-14-23-8-7-21(30-23)12-19-5-6-20(29-19)13-22-9-10-24(31-22)16-27(26)32-25/h1-10,12-16H,11H2,(H,33,34). The van der Waals surface area contributed by atoms with E-state index in [1.807, 2.05) is 91.1 Å². The van der Waals surface area contributed by atoms with Crippen molar-refractivity contribution in [3.05, 3.63) is 125 Å². The molecule has 8 bridgehead atoms. The van der Waals surface area contributed by atoms with Gasteiger partial charge in [0.05, 0.1) is 52.1 Å². The van der Waals surface area contributed by atoms with Gasteiger partial charge in [-0.3, -0.25) is 4.79 Å². The first-order valence-corrected chi connectivity index (χ1v) is 10.9. The van der Waals surface area contributed by atoms with Crippen LogP contribution in [0.2, 0.25) is 0 Å². The third-order valence-electron chi connectivity index (χ3n) is 5.66. The molecule has 0 spiro atoms. The lowest BCUT2D eigenvalue weighted by Crippen LogP contribution is -2.01. The molecule has 6 rings (SSSR count). The van der Waals surface area contributed by atoms with Gasteiger partial charge in [-0.1, -0.05) is 24.3 Å². The van der Waals surface area contributed by atoms with E-state index in [-0.39, 0.29) is 6.42 Å². The van der Waals surface area contributed by atoms with E-state index < -0.39 is 5.97 Å². The molecule has 34 heavy (non-hydrogen) atoms. The molecule has 0 saturated heterocycles. The summed E-state index contributed by atoms with van der Waals surface area (Å²) in [5.41, 5.74) is 9.23. The highest BCUT2D eigenvalue weighted by Gasteiger charge is 2.18. The van der Waals surface area contributed by atoms with Gasteiger partial charge in [-0.2, -0.15) is 0 Å². The van der Waals surface area contributed by atoms with Crippen LogP contribution in [0.5, 0.6) is 0 Å². The number of carboxylic acids is 1. The predicted molar refractivity (Wildman–Crippen MR) is 135 cm³/mol. The van der Waals surface area contributed by atoms with Gasteiger partial charge in [-0.25, -0.2) is 20.0 Å². The van der Waals surface area contributed by atoms with Crippen LogP contribution < -0.4 is 0 Å². The van der Waals surface area contributed by atoms with E-state index in [4.69, 9.17) is 15.1 Å². The number of benzene rings is 1. The summed E-state index contributed by atoms with van der Waals surface area (Å²) in [5, 5.41) is 9.05. The Hall–Kier alpha value is -4.71. The molecule has 1 N–H and O–H groups in total. The molecule has 0 aromatic heterocycles. The molecule has 6 nitrogen and oxygen atoms in total. The minimum atomic E-state index is -0.848. The number of allylic oxidation sites excluding steroid dienone is 12. The molecule has 0 aliphatic carbocycles. The summed E-state index contributed by atoms with van der Waals surface area (Å²) in [5.74, 6) is -0.848. The van der Waals surface area contributed by atoms with Crippen LogP contribution in [0.4, 0.5) is 0 Å². The van der Waals surface area contributed by atoms with E-state index >= 15 is 0 Å². The van der Waals surface area contributed by atoms with Gasteiger partial charge in [-0.05, 0) is 78.0 Å². The van der Waals surface area contributed by atoms with Crippen LogP contribution >= 0.6 is 0 Å². The lowest BCUT2D eigenvalue weighted by atomic mass is 9.99. The van der Waals surface area contributed by atoms with Gasteiger partial charge in [0.1, 0.15) is 0 Å². The molecule has 0 unspecified atom stereocenters. The summed E-state index contributed by atoms with van der Waals surface area (Å²) in [7, 11) is 0. The molecule has 0 amide bonds. The topological polar surface area (TPSA) is 86.7 Å². The van der Waals surface area contributed by atoms with E-state index in [1.165, 1.54) is 0 Å². The summed E-state index contributed by atoms with van der Waals surface area (Å²) in [6.07, 6.45) is 21.6. The number of nitrogens with zero attached hydrogens (tertiary/aromatic N) is 4. The Morgan fingerprint density at radius 1 is 0.618 bits per heavy atom. The molecule has 162 valence electrons. The molecule has 0 saturated carbocycles. The summed E-state index contributed by atoms with van der Waals surface area (Å²) in [6, 6.07) is 7.55. The van der Waals surface area contributed by atoms with Crippen LogP contribution in [0.25, 0.3) is 5.57 Å². The van der Waals surface area contributed by atoms with Crippen LogP contribution in [0, 0.1) is 0 Å². The number of fused-ring (bicyclic) bond motifs is 4. The van der Waals surface area contributed by atoms with Crippen molar-refractivity contribution >= 4 is 34.4 Å². The van der Waals surface area contributed by atoms with Crippen molar-refractivity contribution in [3.8, 4) is 0 Å². The Morgan fingerprint density at radius 3 is 1.71 bits per heavy atom. The second-order valence-electron chi connectivity index (χ2n) is 8.21. The second kappa shape index (κ2) is 8.01. The molecule has 6 heteroatoms. The molecule has 1 aromatic carbocycles. The number of aliphatic carboxylic acids is 1. The molecule has 0 radical (unpaired) electrons. The summed E-state index contributed by atoms with van der Waals surface area (Å²) in [6.45, 7) is 0. The minimum Gasteiger partial charge on any atom is -0.481 e. The van der Waals surface area contributed by atoms with Crippen LogP contribution in [-0.4, -0.2) is 33.9 Å². The van der Waals surface area contributed by atoms with Gasteiger partial charge in [0.2, 0.25) is 0 Å². The lowest BCUT2D eigenvalue weighted by molar-refractivity contribution is -0.136. The van der Waals surface area contributed by atoms with Crippen molar-refractivity contribution in [1.29, 1.82) is 0 Å². The number of carboxylic acid groups (broad SMARTS) is 1. The molecule has 5 heterocycles. The molecule has 0 atom stereocenters. The van der Waals surface area contributed by atoms with E-state index in [0.29, 0.717) is 0 Å². The summed E-state index contributed by atoms with van der Waals surface area (Å²) < 4.78 is 0. The monoisotopic (exact) mass is 442 g/mol. The fourth-order valence-corrected chi connectivity index (χ4v) is 4.11. The second-order valence-corrected chi connectivity index (χ2v) is 8.21. The first-order chi connectivity index (χ1) is 16.6. The zero-order valence-electron chi connectivity index (χ0n) is 18.0. The van der Waals surface area contributed by atoms with Crippen LogP contribution in [0.1, 0.15) is 11.1 Å². The summed E-state index contributed by atoms with van der Waals surface area (Å²) in [4.78, 5) is 29.9. The minimum absolute atomic E-state index is 0.00407. The number of aliphatic imine (C=N–C) groups is 4. The van der Waals surface area contributed by atoms with Gasteiger partial charge >= 0.3 is 5.97 Å². The van der Waals surface area contributed by atoms with E-state index in [2.05, 4.69) is 9.98 Å². The molecule has 5 aliphatic rings. The number of hydrogen-bond donors (Lipinski definition) is 1. The zero-order valence-corrected chi connectivity index (χ0v) is 18.0. The van der Waals surface area contributed by atoms with Crippen molar-refractivity contribution in [2.45, 2.75) is 6.42 Å². The van der Waals surface area contributed by atoms with Crippen molar-refractivity contribution in [1.82, 2.24) is 0 Å². The lowest BCUT2D eigenvalue weighted by Gasteiger charge is -2.05. The Balaban J connectivity index is 1.44. The van der Waals surface area contributed by atoms with Crippen molar-refractivity contribution < 1.29 is 9.90 Å². The van der Waals surface area contributed by atoms with Crippen molar-refractivity contribution in [3.63, 3.8) is 0 Å². The van der Waals surface area contributed by atoms with E-state index in [1.54, 1.807) is 0 Å². The van der Waals surface area contributed by atoms with E-state index in [0.717, 1.165) is 62.3 Å². The Bertz CT molecular complexity index is 1510. The fraction of sp³-hybridized carbons (Fsp3) is 0.0357. The van der Waals surface area contributed by atoms with Gasteiger partial charge < -0.3 is 5.11 Å². The number of hydrogen-bond acceptors (Lipinski definition) is 5. The maximum atomic E-state index is 11.0. The zero-order chi connectivity index (χ0) is 23.1. The SMILES string of the molecule is O=C(O)Cc1ccc(C2=CC3=CC4=NC(=CC5=NC(=CC6=NC(=CC2=N3)C=C6)C=C5)C=C4)cc1. The smallest absolute Gasteiger partial charge is 0.307 e. The summed E-state index contributed by atoms with van der Waals surface area (Å²) >= 11 is 0. The van der Waals surface area contributed by atoms with Gasteiger partial charge in [0, 0.05) is 5.57 Å². The van der Waals surface area contributed by atoms with Crippen molar-refractivity contribution in [2.24, 2.45) is 20.0 Å². The maximum absolute atomic E-state index is 11.0. The third kappa shape index (κ3) is 4.04. The van der Waals surface area contributed by atoms with Gasteiger partial charge in [0.15, 0.2) is 0 Å². The largest absolute Gasteiger partial charge is 0.481 e. The number of carbonyl (C=O) groups is 1. The average molecular weight is 442 g/mol. The molecule has 5 aliphatic heterocycles. The molecule has 0 fully saturated rings. The van der Waals surface area contributed by atoms with Crippen LogP contribution in [0.15, 0.2) is 134 Å². The van der Waals surface area contributed by atoms with Crippen molar-refractivity contribution in [2.75, 3.05) is 0 Å². The first kappa shape index (κ1) is 19.9. The molecule has 1 aromatic rings. The third-order valence-corrected chi connectivity index (χ3v) is 5.66. The Morgan fingerprint density at radius 2 is 1.15 bits per heavy atom. The fourth-order valence-electron chi connectivity index (χ4n) is 4.11. The van der Waals surface area contributed by atoms with Gasteiger partial charge in [-0.15, -0.1) is 0 Å². The normalized spacial score (nSPS) is 19.6. The maximum Gasteiger partial charge on any atom is 0.307 e. The van der Waals surface area contributed by atoms with Crippen LogP contribution in [0.3, 0.4) is 0 Å². The Labute approximate surface area is 195 Å². The highest BCUT2D eigenvalue weighted by atomic mass is 16.4. The average Bonchev–Trinajstić information content (AvgIpc) is 3.59. The number of rotatable bonds is 3. The predicted octanol–water partition coefficient (Wildman–Crippen LogP) is 4.73. The van der Waals surface area contributed by atoms with E-state index in [9.17, 15) is 4.79 Å². The van der Waals surface area contributed by atoms with Gasteiger partial charge in [0.25, 0.3) is 0 Å². The van der Waals surface area contributed by atoms with Crippen LogP contribution in [-0.2, 0) is 11.2 Å². The quantitative estimate of drug-likeness (QED) is 0.733. The highest BCUT2D eigenvalue weighted by Crippen LogP contribution is 2.29. The molecular formula is C28H18N4O2. The molecular weight excluding hydrogens is 424 g/mol. The Kier molecular flexibility index (Phi) is 4.70. The first-order valence-electron chi connectivity index (χ1n) is 10.9.